The third kappa shape index (κ3) is 4.33. The highest BCUT2D eigenvalue weighted by Gasteiger charge is 2.53. The van der Waals surface area contributed by atoms with Crippen LogP contribution in [0.25, 0.3) is 5.57 Å². The molecule has 0 saturated carbocycles. The summed E-state index contributed by atoms with van der Waals surface area (Å²) in [5.74, 6) is -1.66. The minimum Gasteiger partial charge on any atom is -0.398 e. The van der Waals surface area contributed by atoms with Gasteiger partial charge in [0.1, 0.15) is 17.4 Å². The van der Waals surface area contributed by atoms with E-state index in [1.54, 1.807) is 27.7 Å². The van der Waals surface area contributed by atoms with E-state index in [-0.39, 0.29) is 18.6 Å². The van der Waals surface area contributed by atoms with E-state index in [1.165, 1.54) is 6.07 Å². The molecule has 144 valence electrons. The second-order valence-electron chi connectivity index (χ2n) is 7.37. The smallest absolute Gasteiger partial charge is 0.398 e. The summed E-state index contributed by atoms with van der Waals surface area (Å²) in [5, 5.41) is 0. The molecule has 0 N–H and O–H groups in total. The second-order valence-corrected chi connectivity index (χ2v) is 7.37. The zero-order valence-corrected chi connectivity index (χ0v) is 16.0. The van der Waals surface area contributed by atoms with Gasteiger partial charge in [-0.1, -0.05) is 13.0 Å². The van der Waals surface area contributed by atoms with Gasteiger partial charge in [0.05, 0.1) is 23.4 Å². The molecule has 0 spiro atoms. The summed E-state index contributed by atoms with van der Waals surface area (Å²) in [6.45, 7) is 9.72. The fourth-order valence-corrected chi connectivity index (χ4v) is 2.66. The number of hydrogen-bond donors (Lipinski definition) is 0. The summed E-state index contributed by atoms with van der Waals surface area (Å²) in [5.41, 5.74) is -2.87. The third-order valence-electron chi connectivity index (χ3n) is 4.86. The van der Waals surface area contributed by atoms with E-state index in [2.05, 4.69) is 0 Å². The molecule has 7 heteroatoms. The molecule has 1 aliphatic heterocycles. The maximum Gasteiger partial charge on any atom is 0.525 e. The highest BCUT2D eigenvalue weighted by Crippen LogP contribution is 2.41. The van der Waals surface area contributed by atoms with Crippen LogP contribution in [0.3, 0.4) is 0 Å². The Bertz CT molecular complexity index is 638. The van der Waals surface area contributed by atoms with Gasteiger partial charge in [-0.15, -0.1) is 0 Å². The first-order valence-corrected chi connectivity index (χ1v) is 8.87. The Hall–Kier alpha value is -1.31. The lowest BCUT2D eigenvalue weighted by Gasteiger charge is -2.32. The van der Waals surface area contributed by atoms with Gasteiger partial charge in [0.25, 0.3) is 0 Å². The number of ether oxygens (including phenoxy) is 1. The van der Waals surface area contributed by atoms with E-state index >= 15 is 4.39 Å². The lowest BCUT2D eigenvalue weighted by Crippen LogP contribution is -2.41. The number of benzene rings is 1. The quantitative estimate of drug-likeness (QED) is 0.494. The van der Waals surface area contributed by atoms with E-state index in [1.807, 2.05) is 6.92 Å². The lowest BCUT2D eigenvalue weighted by molar-refractivity contribution is 0.00578. The summed E-state index contributed by atoms with van der Waals surface area (Å²) >= 11 is 0. The molecule has 1 saturated heterocycles. The summed E-state index contributed by atoms with van der Waals surface area (Å²) in [6, 6.07) is 3.44. The molecule has 1 aliphatic rings. The van der Waals surface area contributed by atoms with Crippen LogP contribution in [0.15, 0.2) is 23.9 Å². The summed E-state index contributed by atoms with van der Waals surface area (Å²) in [4.78, 5) is 0. The van der Waals surface area contributed by atoms with Gasteiger partial charge in [0, 0.05) is 6.61 Å². The lowest BCUT2D eigenvalue weighted by atomic mass is 9.81. The first-order valence-electron chi connectivity index (χ1n) is 8.87. The molecule has 26 heavy (non-hydrogen) atoms. The summed E-state index contributed by atoms with van der Waals surface area (Å²) in [7, 11) is -1.32. The molecule has 1 fully saturated rings. The first kappa shape index (κ1) is 21.0. The van der Waals surface area contributed by atoms with Crippen LogP contribution in [0.5, 0.6) is 0 Å². The highest BCUT2D eigenvalue weighted by molar-refractivity contribution is 6.55. The minimum absolute atomic E-state index is 0.00770. The van der Waals surface area contributed by atoms with Crippen molar-refractivity contribution < 1.29 is 27.2 Å². The van der Waals surface area contributed by atoms with Gasteiger partial charge in [-0.3, -0.25) is 0 Å². The van der Waals surface area contributed by atoms with Gasteiger partial charge in [0.15, 0.2) is 0 Å². The van der Waals surface area contributed by atoms with Crippen LogP contribution in [0.4, 0.5) is 13.2 Å². The molecule has 0 bridgehead atoms. The fourth-order valence-electron chi connectivity index (χ4n) is 2.66. The van der Waals surface area contributed by atoms with Crippen molar-refractivity contribution in [2.45, 2.75) is 58.7 Å². The SMILES string of the molecule is CCCOCCC(=C(F)B1OC(C)(C)C(C)(C)O1)c1c(F)cccc1F. The van der Waals surface area contributed by atoms with Gasteiger partial charge in [0.2, 0.25) is 0 Å². The van der Waals surface area contributed by atoms with Crippen LogP contribution in [-0.4, -0.2) is 31.5 Å². The van der Waals surface area contributed by atoms with Crippen molar-refractivity contribution in [1.82, 2.24) is 0 Å². The van der Waals surface area contributed by atoms with Crippen molar-refractivity contribution in [2.75, 3.05) is 13.2 Å². The van der Waals surface area contributed by atoms with E-state index in [0.717, 1.165) is 18.6 Å². The number of halogens is 3. The summed E-state index contributed by atoms with van der Waals surface area (Å²) < 4.78 is 60.6. The van der Waals surface area contributed by atoms with Crippen LogP contribution in [0.2, 0.25) is 0 Å². The molecule has 0 unspecified atom stereocenters. The topological polar surface area (TPSA) is 27.7 Å². The van der Waals surface area contributed by atoms with Crippen molar-refractivity contribution in [2.24, 2.45) is 0 Å². The van der Waals surface area contributed by atoms with Crippen molar-refractivity contribution >= 4 is 12.7 Å². The normalized spacial score (nSPS) is 19.6. The van der Waals surface area contributed by atoms with Crippen molar-refractivity contribution in [3.63, 3.8) is 0 Å². The maximum atomic E-state index is 15.3. The monoisotopic (exact) mass is 370 g/mol. The molecule has 0 atom stereocenters. The largest absolute Gasteiger partial charge is 0.525 e. The molecular formula is C19H26BF3O3. The van der Waals surface area contributed by atoms with Gasteiger partial charge < -0.3 is 14.0 Å². The Morgan fingerprint density at radius 1 is 1.04 bits per heavy atom. The molecule has 0 amide bonds. The number of hydrogen-bond acceptors (Lipinski definition) is 3. The van der Waals surface area contributed by atoms with E-state index in [4.69, 9.17) is 14.0 Å². The highest BCUT2D eigenvalue weighted by atomic mass is 19.1. The Morgan fingerprint density at radius 2 is 1.58 bits per heavy atom. The van der Waals surface area contributed by atoms with Crippen molar-refractivity contribution in [3.8, 4) is 0 Å². The predicted octanol–water partition coefficient (Wildman–Crippen LogP) is 5.09. The van der Waals surface area contributed by atoms with Crippen LogP contribution in [0.1, 0.15) is 53.0 Å². The molecule has 1 aromatic rings. The van der Waals surface area contributed by atoms with E-state index in [0.29, 0.717) is 6.61 Å². The third-order valence-corrected chi connectivity index (χ3v) is 4.86. The summed E-state index contributed by atoms with van der Waals surface area (Å²) in [6.07, 6.45) is 0.806. The molecule has 2 rings (SSSR count). The Kier molecular flexibility index (Phi) is 6.58. The standard InChI is InChI=1S/C19H26BF3O3/c1-6-11-24-12-10-13(16-14(21)8-7-9-15(16)22)17(23)20-25-18(2,3)19(4,5)26-20/h7-9H,6,10-12H2,1-5H3. The van der Waals surface area contributed by atoms with Crippen LogP contribution >= 0.6 is 0 Å². The Labute approximate surface area is 153 Å². The average molecular weight is 370 g/mol. The minimum atomic E-state index is -1.32. The molecule has 1 heterocycles. The second kappa shape index (κ2) is 8.15. The molecule has 0 radical (unpaired) electrons. The number of rotatable bonds is 7. The molecule has 3 nitrogen and oxygen atoms in total. The fraction of sp³-hybridized carbons (Fsp3) is 0.579. The zero-order valence-electron chi connectivity index (χ0n) is 16.0. The van der Waals surface area contributed by atoms with Gasteiger partial charge >= 0.3 is 7.12 Å². The molecular weight excluding hydrogens is 344 g/mol. The van der Waals surface area contributed by atoms with Gasteiger partial charge in [-0.25, -0.2) is 13.2 Å². The first-order chi connectivity index (χ1) is 12.1. The van der Waals surface area contributed by atoms with Crippen molar-refractivity contribution in [1.29, 1.82) is 0 Å². The van der Waals surface area contributed by atoms with Crippen LogP contribution in [-0.2, 0) is 14.0 Å². The van der Waals surface area contributed by atoms with Gasteiger partial charge in [-0.05, 0) is 58.2 Å². The van der Waals surface area contributed by atoms with Crippen LogP contribution < -0.4 is 0 Å². The van der Waals surface area contributed by atoms with E-state index < -0.39 is 41.2 Å². The van der Waals surface area contributed by atoms with Crippen molar-refractivity contribution in [3.05, 3.63) is 41.1 Å². The maximum absolute atomic E-state index is 15.3. The molecule has 0 aliphatic carbocycles. The average Bonchev–Trinajstić information content (AvgIpc) is 2.76. The predicted molar refractivity (Wildman–Crippen MR) is 96.2 cm³/mol. The Balaban J connectivity index is 2.41. The van der Waals surface area contributed by atoms with Crippen LogP contribution in [0, 0.1) is 11.6 Å². The molecule has 0 aromatic heterocycles. The zero-order chi connectivity index (χ0) is 19.5. The van der Waals surface area contributed by atoms with E-state index in [9.17, 15) is 8.78 Å². The Morgan fingerprint density at radius 3 is 2.08 bits per heavy atom. The molecule has 1 aromatic carbocycles. The van der Waals surface area contributed by atoms with Gasteiger partial charge in [-0.2, -0.15) is 0 Å².